The van der Waals surface area contributed by atoms with Crippen LogP contribution in [0.2, 0.25) is 5.02 Å². The Bertz CT molecular complexity index is 672. The number of nitrogens with zero attached hydrogens (tertiary/aromatic N) is 3. The summed E-state index contributed by atoms with van der Waals surface area (Å²) in [6.07, 6.45) is 6.89. The van der Waals surface area contributed by atoms with Gasteiger partial charge < -0.3 is 5.32 Å². The van der Waals surface area contributed by atoms with Gasteiger partial charge in [0.1, 0.15) is 0 Å². The smallest absolute Gasteiger partial charge is 0.253 e. The van der Waals surface area contributed by atoms with E-state index in [-0.39, 0.29) is 11.9 Å². The molecule has 0 saturated heterocycles. The Balaban J connectivity index is 1.83. The normalized spacial score (nSPS) is 15.5. The quantitative estimate of drug-likeness (QED) is 0.943. The van der Waals surface area contributed by atoms with E-state index in [9.17, 15) is 4.79 Å². The third-order valence-corrected chi connectivity index (χ3v) is 3.79. The molecule has 2 aromatic rings. The van der Waals surface area contributed by atoms with Crippen LogP contribution in [0, 0.1) is 12.8 Å². The van der Waals surface area contributed by atoms with Crippen LogP contribution in [0.25, 0.3) is 0 Å². The molecule has 1 saturated carbocycles. The first-order valence-corrected chi connectivity index (χ1v) is 7.23. The fraction of sp³-hybridized carbons (Fsp3) is 0.333. The van der Waals surface area contributed by atoms with Gasteiger partial charge >= 0.3 is 0 Å². The highest BCUT2D eigenvalue weighted by atomic mass is 35.5. The minimum absolute atomic E-state index is 0.165. The Hall–Kier alpha value is -2.01. The van der Waals surface area contributed by atoms with Crippen LogP contribution in [0.4, 0.5) is 0 Å². The average Bonchev–Trinajstić information content (AvgIpc) is 3.29. The number of hydrogen-bond donors (Lipinski definition) is 1. The van der Waals surface area contributed by atoms with Gasteiger partial charge in [0, 0.05) is 24.3 Å². The number of nitrogens with one attached hydrogen (secondary N) is 1. The summed E-state index contributed by atoms with van der Waals surface area (Å²) in [5, 5.41) is 3.35. The monoisotopic (exact) mass is 302 g/mol. The number of amides is 1. The molecule has 0 spiro atoms. The van der Waals surface area contributed by atoms with Gasteiger partial charge in [0.2, 0.25) is 0 Å². The van der Waals surface area contributed by atoms with E-state index in [2.05, 4.69) is 20.3 Å². The molecule has 3 rings (SSSR count). The van der Waals surface area contributed by atoms with E-state index in [1.54, 1.807) is 18.5 Å². The van der Waals surface area contributed by atoms with E-state index in [4.69, 9.17) is 11.6 Å². The Labute approximate surface area is 127 Å². The lowest BCUT2D eigenvalue weighted by atomic mass is 10.1. The van der Waals surface area contributed by atoms with Crippen LogP contribution in [0.3, 0.4) is 0 Å². The Morgan fingerprint density at radius 1 is 1.38 bits per heavy atom. The minimum Gasteiger partial charge on any atom is -0.342 e. The van der Waals surface area contributed by atoms with E-state index in [0.29, 0.717) is 22.3 Å². The molecule has 1 atom stereocenters. The van der Waals surface area contributed by atoms with Crippen LogP contribution in [0.15, 0.2) is 30.7 Å². The van der Waals surface area contributed by atoms with Crippen molar-refractivity contribution in [2.45, 2.75) is 25.8 Å². The van der Waals surface area contributed by atoms with Crippen molar-refractivity contribution in [1.29, 1.82) is 0 Å². The molecule has 1 aliphatic carbocycles. The second-order valence-electron chi connectivity index (χ2n) is 5.20. The number of rotatable bonds is 4. The number of pyridine rings is 1. The standard InChI is InChI=1S/C15H15ClN4O/c1-9-4-7-18-14(19-9)13(10-2-3-10)20-15(21)11-5-6-17-8-12(11)16/h4-8,10,13H,2-3H2,1H3,(H,20,21)/t13-/m1/s1. The Morgan fingerprint density at radius 2 is 2.19 bits per heavy atom. The van der Waals surface area contributed by atoms with E-state index >= 15 is 0 Å². The summed E-state index contributed by atoms with van der Waals surface area (Å²) in [5.74, 6) is 0.844. The highest BCUT2D eigenvalue weighted by Crippen LogP contribution is 2.40. The van der Waals surface area contributed by atoms with Gasteiger partial charge in [-0.3, -0.25) is 9.78 Å². The van der Waals surface area contributed by atoms with Crippen LogP contribution in [-0.4, -0.2) is 20.9 Å². The molecule has 0 aliphatic heterocycles. The SMILES string of the molecule is Cc1ccnc([C@H](NC(=O)c2ccncc2Cl)C2CC2)n1. The summed E-state index contributed by atoms with van der Waals surface area (Å²) in [6, 6.07) is 3.29. The topological polar surface area (TPSA) is 67.8 Å². The van der Waals surface area contributed by atoms with Gasteiger partial charge in [-0.15, -0.1) is 0 Å². The maximum absolute atomic E-state index is 12.4. The number of halogens is 1. The number of hydrogen-bond acceptors (Lipinski definition) is 4. The number of carbonyl (C=O) groups is 1. The van der Waals surface area contributed by atoms with Gasteiger partial charge in [-0.1, -0.05) is 11.6 Å². The van der Waals surface area contributed by atoms with Crippen molar-refractivity contribution in [2.75, 3.05) is 0 Å². The molecular weight excluding hydrogens is 288 g/mol. The van der Waals surface area contributed by atoms with Gasteiger partial charge in [-0.25, -0.2) is 9.97 Å². The second kappa shape index (κ2) is 5.77. The van der Waals surface area contributed by atoms with Gasteiger partial charge in [0.15, 0.2) is 5.82 Å². The lowest BCUT2D eigenvalue weighted by molar-refractivity contribution is 0.0929. The predicted octanol–water partition coefficient (Wildman–Crippen LogP) is 2.71. The number of carbonyl (C=O) groups excluding carboxylic acids is 1. The first-order chi connectivity index (χ1) is 10.1. The predicted molar refractivity (Wildman–Crippen MR) is 78.9 cm³/mol. The van der Waals surface area contributed by atoms with Crippen molar-refractivity contribution < 1.29 is 4.79 Å². The van der Waals surface area contributed by atoms with Crippen molar-refractivity contribution in [3.8, 4) is 0 Å². The van der Waals surface area contributed by atoms with Gasteiger partial charge in [0.05, 0.1) is 16.6 Å². The van der Waals surface area contributed by atoms with Crippen LogP contribution in [-0.2, 0) is 0 Å². The Morgan fingerprint density at radius 3 is 2.86 bits per heavy atom. The van der Waals surface area contributed by atoms with Gasteiger partial charge in [0.25, 0.3) is 5.91 Å². The van der Waals surface area contributed by atoms with Crippen LogP contribution < -0.4 is 5.32 Å². The Kier molecular flexibility index (Phi) is 3.84. The zero-order chi connectivity index (χ0) is 14.8. The average molecular weight is 303 g/mol. The van der Waals surface area contributed by atoms with E-state index in [0.717, 1.165) is 18.5 Å². The lowest BCUT2D eigenvalue weighted by Crippen LogP contribution is -2.31. The highest BCUT2D eigenvalue weighted by Gasteiger charge is 2.35. The number of aryl methyl sites for hydroxylation is 1. The van der Waals surface area contributed by atoms with Gasteiger partial charge in [-0.05, 0) is 37.8 Å². The van der Waals surface area contributed by atoms with Crippen LogP contribution in [0.1, 0.15) is 40.8 Å². The van der Waals surface area contributed by atoms with E-state index in [1.807, 2.05) is 13.0 Å². The summed E-state index contributed by atoms with van der Waals surface area (Å²) in [4.78, 5) is 25.0. The molecule has 6 heteroatoms. The molecule has 0 aromatic carbocycles. The third-order valence-electron chi connectivity index (χ3n) is 3.49. The van der Waals surface area contributed by atoms with E-state index < -0.39 is 0 Å². The summed E-state index contributed by atoms with van der Waals surface area (Å²) in [6.45, 7) is 1.91. The molecule has 1 fully saturated rings. The number of aromatic nitrogens is 3. The van der Waals surface area contributed by atoms with Crippen molar-refractivity contribution in [2.24, 2.45) is 5.92 Å². The fourth-order valence-corrected chi connectivity index (χ4v) is 2.42. The fourth-order valence-electron chi connectivity index (χ4n) is 2.22. The second-order valence-corrected chi connectivity index (χ2v) is 5.61. The zero-order valence-corrected chi connectivity index (χ0v) is 12.3. The molecule has 5 nitrogen and oxygen atoms in total. The highest BCUT2D eigenvalue weighted by molar-refractivity contribution is 6.33. The molecule has 0 unspecified atom stereocenters. The first-order valence-electron chi connectivity index (χ1n) is 6.85. The zero-order valence-electron chi connectivity index (χ0n) is 11.6. The minimum atomic E-state index is -0.218. The van der Waals surface area contributed by atoms with Crippen molar-refractivity contribution in [3.05, 3.63) is 52.8 Å². The van der Waals surface area contributed by atoms with Gasteiger partial charge in [-0.2, -0.15) is 0 Å². The molecular formula is C15H15ClN4O. The largest absolute Gasteiger partial charge is 0.342 e. The van der Waals surface area contributed by atoms with Crippen LogP contribution >= 0.6 is 11.6 Å². The van der Waals surface area contributed by atoms with Crippen molar-refractivity contribution >= 4 is 17.5 Å². The summed E-state index contributed by atoms with van der Waals surface area (Å²) in [5.41, 5.74) is 1.31. The molecule has 0 radical (unpaired) electrons. The molecule has 2 aromatic heterocycles. The maximum atomic E-state index is 12.4. The first kappa shape index (κ1) is 13.9. The van der Waals surface area contributed by atoms with E-state index in [1.165, 1.54) is 6.20 Å². The summed E-state index contributed by atoms with van der Waals surface area (Å²) < 4.78 is 0. The summed E-state index contributed by atoms with van der Waals surface area (Å²) >= 11 is 6.01. The van der Waals surface area contributed by atoms with Crippen molar-refractivity contribution in [1.82, 2.24) is 20.3 Å². The molecule has 1 N–H and O–H groups in total. The molecule has 21 heavy (non-hydrogen) atoms. The van der Waals surface area contributed by atoms with Crippen LogP contribution in [0.5, 0.6) is 0 Å². The molecule has 0 bridgehead atoms. The molecule has 1 amide bonds. The molecule has 2 heterocycles. The molecule has 108 valence electrons. The lowest BCUT2D eigenvalue weighted by Gasteiger charge is -2.17. The third kappa shape index (κ3) is 3.19. The maximum Gasteiger partial charge on any atom is 0.253 e. The summed E-state index contributed by atoms with van der Waals surface area (Å²) in [7, 11) is 0. The molecule has 1 aliphatic rings. The van der Waals surface area contributed by atoms with Crippen molar-refractivity contribution in [3.63, 3.8) is 0 Å².